The first-order valence-electron chi connectivity index (χ1n) is 20.1. The van der Waals surface area contributed by atoms with Crippen LogP contribution in [-0.4, -0.2) is 105 Å². The van der Waals surface area contributed by atoms with Crippen LogP contribution >= 0.6 is 0 Å². The summed E-state index contributed by atoms with van der Waals surface area (Å²) in [5, 5.41) is 16.3. The van der Waals surface area contributed by atoms with E-state index in [-0.39, 0.29) is 70.9 Å². The van der Waals surface area contributed by atoms with E-state index in [2.05, 4.69) is 30.6 Å². The van der Waals surface area contributed by atoms with Crippen LogP contribution in [0.3, 0.4) is 0 Å². The molecule has 0 saturated carbocycles. The topological polar surface area (TPSA) is 197 Å². The first kappa shape index (κ1) is 46.1. The van der Waals surface area contributed by atoms with Gasteiger partial charge in [0, 0.05) is 57.2 Å². The molecule has 0 radical (unpaired) electrons. The van der Waals surface area contributed by atoms with Gasteiger partial charge in [0.2, 0.25) is 30.1 Å². The summed E-state index contributed by atoms with van der Waals surface area (Å²) in [4.78, 5) is 11.8. The number of carbonyl (C=O) groups is 1. The van der Waals surface area contributed by atoms with Crippen molar-refractivity contribution in [1.29, 1.82) is 0 Å². The maximum atomic E-state index is 14.3. The van der Waals surface area contributed by atoms with E-state index in [4.69, 9.17) is 9.47 Å². The summed E-state index contributed by atoms with van der Waals surface area (Å²) in [6, 6.07) is 20.5. The minimum Gasteiger partial charge on any atom is -0.482 e. The molecule has 2 aliphatic rings. The molecule has 3 heterocycles. The molecule has 15 nitrogen and oxygen atoms in total. The number of hydrogen-bond donors (Lipinski definition) is 2. The molecule has 61 heavy (non-hydrogen) atoms. The lowest BCUT2D eigenvalue weighted by atomic mass is 9.74. The van der Waals surface area contributed by atoms with Gasteiger partial charge < -0.3 is 14.6 Å². The number of aryl methyl sites for hydroxylation is 2. The van der Waals surface area contributed by atoms with E-state index in [0.29, 0.717) is 29.8 Å². The highest BCUT2D eigenvalue weighted by atomic mass is 32.2. The number of ether oxygens (including phenoxy) is 2. The van der Waals surface area contributed by atoms with E-state index in [1.54, 1.807) is 33.0 Å². The second-order valence-electron chi connectivity index (χ2n) is 16.3. The van der Waals surface area contributed by atoms with E-state index in [1.807, 2.05) is 49.4 Å². The molecule has 0 bridgehead atoms. The summed E-state index contributed by atoms with van der Waals surface area (Å²) in [6.07, 6.45) is -0.0723. The van der Waals surface area contributed by atoms with Crippen molar-refractivity contribution in [2.75, 3.05) is 39.8 Å². The van der Waals surface area contributed by atoms with Crippen LogP contribution in [0.25, 0.3) is 0 Å². The molecule has 4 aromatic rings. The minimum atomic E-state index is -4.18. The fraction of sp³-hybridized carbons (Fsp3) is 0.442. The molecule has 2 N–H and O–H groups in total. The normalized spacial score (nSPS) is 20.9. The van der Waals surface area contributed by atoms with Crippen molar-refractivity contribution in [3.05, 3.63) is 113 Å². The average molecular weight is 898 g/mol. The Morgan fingerprint density at radius 1 is 0.934 bits per heavy atom. The highest BCUT2D eigenvalue weighted by Crippen LogP contribution is 2.50. The van der Waals surface area contributed by atoms with Gasteiger partial charge in [-0.2, -0.15) is 18.0 Å². The number of carboxylic acid groups (broad SMARTS) is 1. The van der Waals surface area contributed by atoms with E-state index < -0.39 is 54.9 Å². The number of hydrogen-bond acceptors (Lipinski definition) is 10. The van der Waals surface area contributed by atoms with Crippen molar-refractivity contribution in [2.24, 2.45) is 11.8 Å². The maximum Gasteiger partial charge on any atom is 0.341 e. The van der Waals surface area contributed by atoms with Crippen LogP contribution in [0.15, 0.2) is 99.6 Å². The number of carboxylic acids is 1. The van der Waals surface area contributed by atoms with E-state index >= 15 is 0 Å². The summed E-state index contributed by atoms with van der Waals surface area (Å²) < 4.78 is 99.3. The van der Waals surface area contributed by atoms with E-state index in [0.717, 1.165) is 16.7 Å². The van der Waals surface area contributed by atoms with E-state index in [9.17, 15) is 35.2 Å². The second kappa shape index (κ2) is 18.5. The SMILES string of the molecule is C=C(C)[C@@H]1C[C@@H](c2ccc(S(=O)(=O)N(C)Cc3ccccc3)cc2)[C@@H](CC(C)C)O[C@H]1c1cc(S(=O)(=O)N2CCN(S(=O)(=O)c3c(C)n[nH]c3C)CC2)ccc1OCC(=O)O. The highest BCUT2D eigenvalue weighted by molar-refractivity contribution is 7.90. The predicted octanol–water partition coefficient (Wildman–Crippen LogP) is 5.86. The smallest absolute Gasteiger partial charge is 0.341 e. The fourth-order valence-electron chi connectivity index (χ4n) is 8.23. The second-order valence-corrected chi connectivity index (χ2v) is 22.1. The van der Waals surface area contributed by atoms with Crippen molar-refractivity contribution in [2.45, 2.75) is 86.8 Å². The Hall–Kier alpha value is -4.43. The summed E-state index contributed by atoms with van der Waals surface area (Å²) in [6.45, 7) is 12.7. The summed E-state index contributed by atoms with van der Waals surface area (Å²) in [7, 11) is -10.4. The number of nitrogens with one attached hydrogen (secondary N) is 1. The molecule has 18 heteroatoms. The first-order chi connectivity index (χ1) is 28.7. The zero-order valence-corrected chi connectivity index (χ0v) is 37.8. The van der Waals surface area contributed by atoms with Crippen LogP contribution in [-0.2, 0) is 46.1 Å². The quantitative estimate of drug-likeness (QED) is 0.128. The molecular formula is C43H55N5O10S3. The Kier molecular flexibility index (Phi) is 14.0. The minimum absolute atomic E-state index is 0.0721. The van der Waals surface area contributed by atoms with Gasteiger partial charge >= 0.3 is 5.97 Å². The molecule has 0 amide bonds. The first-order valence-corrected chi connectivity index (χ1v) is 24.4. The van der Waals surface area contributed by atoms with E-state index in [1.165, 1.54) is 31.1 Å². The van der Waals surface area contributed by atoms with Crippen LogP contribution in [0.5, 0.6) is 5.75 Å². The summed E-state index contributed by atoms with van der Waals surface area (Å²) in [5.74, 6) is -1.47. The van der Waals surface area contributed by atoms with Crippen LogP contribution in [0.1, 0.15) is 73.7 Å². The zero-order chi connectivity index (χ0) is 44.4. The van der Waals surface area contributed by atoms with Gasteiger partial charge in [-0.3, -0.25) is 5.10 Å². The molecule has 2 aliphatic heterocycles. The molecular weight excluding hydrogens is 843 g/mol. The highest BCUT2D eigenvalue weighted by Gasteiger charge is 2.42. The lowest BCUT2D eigenvalue weighted by molar-refractivity contribution is -0.139. The van der Waals surface area contributed by atoms with Gasteiger partial charge in [-0.25, -0.2) is 30.0 Å². The van der Waals surface area contributed by atoms with Crippen LogP contribution in [0, 0.1) is 25.7 Å². The number of piperazine rings is 1. The Bertz CT molecular complexity index is 2540. The maximum absolute atomic E-state index is 14.3. The van der Waals surface area contributed by atoms with Crippen LogP contribution in [0.4, 0.5) is 0 Å². The van der Waals surface area contributed by atoms with Gasteiger partial charge in [-0.1, -0.05) is 68.5 Å². The lowest BCUT2D eigenvalue weighted by Gasteiger charge is -2.44. The van der Waals surface area contributed by atoms with Crippen molar-refractivity contribution in [3.63, 3.8) is 0 Å². The molecule has 2 fully saturated rings. The van der Waals surface area contributed by atoms with Crippen molar-refractivity contribution in [1.82, 2.24) is 23.1 Å². The number of benzene rings is 3. The molecule has 330 valence electrons. The number of rotatable bonds is 16. The number of aromatic nitrogens is 2. The molecule has 0 unspecified atom stereocenters. The Morgan fingerprint density at radius 2 is 1.54 bits per heavy atom. The number of sulfonamides is 3. The molecule has 0 aliphatic carbocycles. The third-order valence-electron chi connectivity index (χ3n) is 11.4. The molecule has 3 aromatic carbocycles. The van der Waals surface area contributed by atoms with Gasteiger partial charge in [0.25, 0.3) is 0 Å². The summed E-state index contributed by atoms with van der Waals surface area (Å²) in [5.41, 5.74) is 3.56. The molecule has 6 rings (SSSR count). The van der Waals surface area contributed by atoms with Crippen molar-refractivity contribution < 1.29 is 44.6 Å². The molecule has 1 aromatic heterocycles. The standard InChI is InChI=1S/C43H55N5O10S3/c1-28(2)23-40-37(33-13-15-34(16-14-33)59(51,52)46(7)26-32-11-9-8-10-12-32)25-36(29(3)4)42(58-40)38-24-35(17-18-39(38)57-27-41(49)50)60(53,54)47-19-21-48(22-20-47)61(55,56)43-30(5)44-45-31(43)6/h8-18,24,28,36-37,40,42H,3,19-23,25-27H2,1-2,4-7H3,(H,44,45)(H,49,50)/t36-,37-,40+,42+/m0/s1. The number of nitrogens with zero attached hydrogens (tertiary/aromatic N) is 4. The van der Waals surface area contributed by atoms with Gasteiger partial charge in [-0.15, -0.1) is 0 Å². The Balaban J connectivity index is 1.29. The average Bonchev–Trinajstić information content (AvgIpc) is 3.57. The van der Waals surface area contributed by atoms with Crippen LogP contribution in [0.2, 0.25) is 0 Å². The molecule has 0 spiro atoms. The van der Waals surface area contributed by atoms with Crippen molar-refractivity contribution >= 4 is 36.0 Å². The third-order valence-corrected chi connectivity index (χ3v) is 17.3. The van der Waals surface area contributed by atoms with Crippen molar-refractivity contribution in [3.8, 4) is 5.75 Å². The number of H-pyrrole nitrogens is 1. The number of aromatic amines is 1. The van der Waals surface area contributed by atoms with Gasteiger partial charge in [0.05, 0.1) is 33.4 Å². The number of aliphatic carboxylic acids is 1. The Morgan fingerprint density at radius 3 is 2.10 bits per heavy atom. The summed E-state index contributed by atoms with van der Waals surface area (Å²) >= 11 is 0. The van der Waals surface area contributed by atoms with Gasteiger partial charge in [0.1, 0.15) is 10.6 Å². The predicted molar refractivity (Wildman–Crippen MR) is 229 cm³/mol. The lowest BCUT2D eigenvalue weighted by Crippen LogP contribution is -2.50. The molecule has 4 atom stereocenters. The van der Waals surface area contributed by atoms with Crippen LogP contribution < -0.4 is 4.74 Å². The monoisotopic (exact) mass is 897 g/mol. The zero-order valence-electron chi connectivity index (χ0n) is 35.3. The molecule has 2 saturated heterocycles. The Labute approximate surface area is 359 Å². The van der Waals surface area contributed by atoms with Gasteiger partial charge in [0.15, 0.2) is 6.61 Å². The van der Waals surface area contributed by atoms with Gasteiger partial charge in [-0.05, 0) is 81.0 Å². The largest absolute Gasteiger partial charge is 0.482 e. The fourth-order valence-corrected chi connectivity index (χ4v) is 12.6. The third kappa shape index (κ3) is 9.95.